The molecule has 0 N–H and O–H groups in total. The zero-order valence-electron chi connectivity index (χ0n) is 27.7. The van der Waals surface area contributed by atoms with E-state index in [-0.39, 0.29) is 5.41 Å². The summed E-state index contributed by atoms with van der Waals surface area (Å²) in [6.07, 6.45) is 9.52. The van der Waals surface area contributed by atoms with E-state index in [1.54, 1.807) is 6.20 Å². The largest absolute Gasteiger partial charge is 0.264 e. The van der Waals surface area contributed by atoms with Gasteiger partial charge < -0.3 is 0 Å². The highest BCUT2D eigenvalue weighted by Gasteiger charge is 2.46. The van der Waals surface area contributed by atoms with Gasteiger partial charge in [-0.15, -0.1) is 0 Å². The molecule has 0 amide bonds. The van der Waals surface area contributed by atoms with E-state index in [1.807, 2.05) is 42.6 Å². The Morgan fingerprint density at radius 3 is 1.86 bits per heavy atom. The lowest BCUT2D eigenvalue weighted by Gasteiger charge is -2.36. The van der Waals surface area contributed by atoms with Crippen molar-refractivity contribution in [3.63, 3.8) is 0 Å². The van der Waals surface area contributed by atoms with Crippen molar-refractivity contribution >= 4 is 0 Å². The second kappa shape index (κ2) is 12.4. The van der Waals surface area contributed by atoms with Crippen molar-refractivity contribution in [1.82, 2.24) is 15.0 Å². The first-order valence-electron chi connectivity index (χ1n) is 17.5. The van der Waals surface area contributed by atoms with Gasteiger partial charge in [-0.3, -0.25) is 4.98 Å². The molecule has 2 aromatic heterocycles. The number of nitriles is 1. The highest BCUT2D eigenvalue weighted by atomic mass is 14.9. The summed E-state index contributed by atoms with van der Waals surface area (Å²) in [7, 11) is 0. The van der Waals surface area contributed by atoms with Crippen molar-refractivity contribution in [1.29, 1.82) is 5.26 Å². The third-order valence-electron chi connectivity index (χ3n) is 10.6. The normalized spacial score (nSPS) is 14.1. The Bertz CT molecular complexity index is 2380. The average Bonchev–Trinajstić information content (AvgIpc) is 3.47. The molecule has 238 valence electrons. The Labute approximate surface area is 292 Å². The van der Waals surface area contributed by atoms with Gasteiger partial charge in [0.05, 0.1) is 23.0 Å². The number of rotatable bonds is 5. The number of hydrogen-bond donors (Lipinski definition) is 0. The molecule has 1 fully saturated rings. The van der Waals surface area contributed by atoms with Gasteiger partial charge in [0.15, 0.2) is 5.82 Å². The fraction of sp³-hybridized carbons (Fsp3) is 0.130. The standard InChI is InChI=1S/C46H34N4/c47-29-36-12-7-15-39-43-38(14-8-16-40(43)46(44(36)39)25-5-2-6-26-46)32-19-23-34(24-20-32)42-28-41(49-45(50-42)35-10-3-1-4-11-35)33-21-17-31(18-22-33)37-13-9-27-48-30-37/h1,3-4,7-24,27-28,30H,2,5-6,25-26H2. The predicted molar refractivity (Wildman–Crippen MR) is 201 cm³/mol. The van der Waals surface area contributed by atoms with Crippen LogP contribution in [-0.4, -0.2) is 15.0 Å². The number of benzene rings is 5. The Hall–Kier alpha value is -6.18. The lowest BCUT2D eigenvalue weighted by molar-refractivity contribution is 0.352. The van der Waals surface area contributed by atoms with Crippen LogP contribution in [-0.2, 0) is 5.41 Å². The van der Waals surface area contributed by atoms with Gasteiger partial charge in [0.25, 0.3) is 0 Å². The lowest BCUT2D eigenvalue weighted by Crippen LogP contribution is -2.29. The number of hydrogen-bond acceptors (Lipinski definition) is 4. The number of nitrogens with zero attached hydrogens (tertiary/aromatic N) is 4. The molecule has 0 radical (unpaired) electrons. The highest BCUT2D eigenvalue weighted by molar-refractivity contribution is 5.94. The molecule has 50 heavy (non-hydrogen) atoms. The molecule has 2 aliphatic rings. The predicted octanol–water partition coefficient (Wildman–Crippen LogP) is 11.3. The van der Waals surface area contributed by atoms with E-state index in [1.165, 1.54) is 47.1 Å². The van der Waals surface area contributed by atoms with Crippen molar-refractivity contribution in [2.45, 2.75) is 37.5 Å². The maximum Gasteiger partial charge on any atom is 0.160 e. The monoisotopic (exact) mass is 642 g/mol. The Kier molecular flexibility index (Phi) is 7.40. The fourth-order valence-corrected chi connectivity index (χ4v) is 8.31. The van der Waals surface area contributed by atoms with Crippen LogP contribution in [0.1, 0.15) is 48.8 Å². The average molecular weight is 643 g/mol. The second-order valence-electron chi connectivity index (χ2n) is 13.4. The van der Waals surface area contributed by atoms with Gasteiger partial charge in [-0.05, 0) is 75.5 Å². The third kappa shape index (κ3) is 5.02. The van der Waals surface area contributed by atoms with Gasteiger partial charge in [0.1, 0.15) is 0 Å². The Balaban J connectivity index is 1.13. The molecule has 4 heteroatoms. The summed E-state index contributed by atoms with van der Waals surface area (Å²) in [5, 5.41) is 10.2. The van der Waals surface area contributed by atoms with Gasteiger partial charge >= 0.3 is 0 Å². The van der Waals surface area contributed by atoms with Gasteiger partial charge in [-0.1, -0.05) is 135 Å². The molecule has 5 aromatic carbocycles. The summed E-state index contributed by atoms with van der Waals surface area (Å²) in [6.45, 7) is 0. The van der Waals surface area contributed by atoms with E-state index in [2.05, 4.69) is 108 Å². The smallest absolute Gasteiger partial charge is 0.160 e. The minimum atomic E-state index is -0.0768. The van der Waals surface area contributed by atoms with Gasteiger partial charge in [-0.2, -0.15) is 5.26 Å². The van der Waals surface area contributed by atoms with Crippen LogP contribution in [0.4, 0.5) is 0 Å². The summed E-state index contributed by atoms with van der Waals surface area (Å²) in [6, 6.07) is 49.2. The molecule has 2 aliphatic carbocycles. The Morgan fingerprint density at radius 2 is 1.18 bits per heavy atom. The molecule has 4 nitrogen and oxygen atoms in total. The SMILES string of the molecule is N#Cc1cccc2c1C1(CCCCC1)c1cccc(-c3ccc(-c4cc(-c5ccc(-c6cccnc6)cc5)nc(-c5ccccc5)n4)cc3)c1-2. The Morgan fingerprint density at radius 1 is 0.540 bits per heavy atom. The summed E-state index contributed by atoms with van der Waals surface area (Å²) < 4.78 is 0. The molecule has 2 heterocycles. The fourth-order valence-electron chi connectivity index (χ4n) is 8.31. The molecule has 0 unspecified atom stereocenters. The minimum Gasteiger partial charge on any atom is -0.264 e. The van der Waals surface area contributed by atoms with Crippen LogP contribution in [0.5, 0.6) is 0 Å². The maximum absolute atomic E-state index is 10.2. The van der Waals surface area contributed by atoms with Crippen LogP contribution >= 0.6 is 0 Å². The zero-order chi connectivity index (χ0) is 33.5. The van der Waals surface area contributed by atoms with Crippen molar-refractivity contribution in [3.8, 4) is 73.4 Å². The van der Waals surface area contributed by atoms with E-state index < -0.39 is 0 Å². The van der Waals surface area contributed by atoms with Gasteiger partial charge in [0.2, 0.25) is 0 Å². The van der Waals surface area contributed by atoms with E-state index in [0.29, 0.717) is 5.82 Å². The molecule has 1 spiro atoms. The van der Waals surface area contributed by atoms with E-state index in [9.17, 15) is 5.26 Å². The van der Waals surface area contributed by atoms with E-state index in [4.69, 9.17) is 9.97 Å². The first-order chi connectivity index (χ1) is 24.7. The van der Waals surface area contributed by atoms with Crippen LogP contribution in [0.3, 0.4) is 0 Å². The summed E-state index contributed by atoms with van der Waals surface area (Å²) in [5.41, 5.74) is 15.3. The van der Waals surface area contributed by atoms with E-state index >= 15 is 0 Å². The molecule has 1 saturated carbocycles. The quantitative estimate of drug-likeness (QED) is 0.187. The molecule has 0 bridgehead atoms. The van der Waals surface area contributed by atoms with E-state index in [0.717, 1.165) is 63.2 Å². The lowest BCUT2D eigenvalue weighted by atomic mass is 9.66. The molecule has 7 aromatic rings. The topological polar surface area (TPSA) is 62.5 Å². The van der Waals surface area contributed by atoms with Crippen LogP contribution in [0.2, 0.25) is 0 Å². The molecule has 0 saturated heterocycles. The van der Waals surface area contributed by atoms with Crippen molar-refractivity contribution in [3.05, 3.63) is 163 Å². The van der Waals surface area contributed by atoms with Crippen LogP contribution in [0.15, 0.2) is 146 Å². The van der Waals surface area contributed by atoms with Crippen LogP contribution in [0, 0.1) is 11.3 Å². The van der Waals surface area contributed by atoms with Crippen LogP contribution in [0.25, 0.3) is 67.3 Å². The van der Waals surface area contributed by atoms with Crippen molar-refractivity contribution in [2.24, 2.45) is 0 Å². The molecule has 9 rings (SSSR count). The minimum absolute atomic E-state index is 0.0768. The summed E-state index contributed by atoms with van der Waals surface area (Å²) >= 11 is 0. The summed E-state index contributed by atoms with van der Waals surface area (Å²) in [4.78, 5) is 14.4. The first-order valence-corrected chi connectivity index (χ1v) is 17.5. The highest BCUT2D eigenvalue weighted by Crippen LogP contribution is 2.58. The molecule has 0 atom stereocenters. The second-order valence-corrected chi connectivity index (χ2v) is 13.4. The third-order valence-corrected chi connectivity index (χ3v) is 10.6. The van der Waals surface area contributed by atoms with Gasteiger partial charge in [0, 0.05) is 34.5 Å². The summed E-state index contributed by atoms with van der Waals surface area (Å²) in [5.74, 6) is 0.696. The van der Waals surface area contributed by atoms with Gasteiger partial charge in [-0.25, -0.2) is 9.97 Å². The number of pyridine rings is 1. The molecular weight excluding hydrogens is 609 g/mol. The first kappa shape index (κ1) is 29.9. The zero-order valence-corrected chi connectivity index (χ0v) is 27.7. The van der Waals surface area contributed by atoms with Crippen molar-refractivity contribution in [2.75, 3.05) is 0 Å². The number of fused-ring (bicyclic) bond motifs is 5. The van der Waals surface area contributed by atoms with Crippen LogP contribution < -0.4 is 0 Å². The molecular formula is C46H34N4. The maximum atomic E-state index is 10.2. The van der Waals surface area contributed by atoms with Crippen molar-refractivity contribution < 1.29 is 0 Å². The number of aromatic nitrogens is 3. The molecule has 0 aliphatic heterocycles.